The molecule has 0 aliphatic rings. The molecule has 0 aromatic heterocycles. The highest BCUT2D eigenvalue weighted by atomic mass is 15.2. The Bertz CT molecular complexity index is 403. The number of rotatable bonds is 5. The Balaban J connectivity index is 2.33. The second kappa shape index (κ2) is 8.19. The van der Waals surface area contributed by atoms with Crippen molar-refractivity contribution < 1.29 is 0 Å². The van der Waals surface area contributed by atoms with Crippen molar-refractivity contribution in [1.29, 1.82) is 0 Å². The van der Waals surface area contributed by atoms with Crippen LogP contribution in [-0.2, 0) is 6.42 Å². The maximum atomic E-state index is 5.20. The van der Waals surface area contributed by atoms with E-state index >= 15 is 0 Å². The predicted molar refractivity (Wildman–Crippen MR) is 77.6 cm³/mol. The minimum Gasteiger partial charge on any atom is -0.354 e. The molecule has 0 amide bonds. The fourth-order valence-corrected chi connectivity index (χ4v) is 1.66. The summed E-state index contributed by atoms with van der Waals surface area (Å²) >= 11 is 0. The average molecular weight is 243 g/mol. The molecule has 0 bridgehead atoms. The Morgan fingerprint density at radius 3 is 2.72 bits per heavy atom. The lowest BCUT2D eigenvalue weighted by molar-refractivity contribution is 0.596. The van der Waals surface area contributed by atoms with E-state index in [0.29, 0.717) is 12.6 Å². The van der Waals surface area contributed by atoms with E-state index in [1.165, 1.54) is 5.56 Å². The van der Waals surface area contributed by atoms with Crippen LogP contribution >= 0.6 is 0 Å². The molecule has 0 saturated heterocycles. The van der Waals surface area contributed by atoms with Gasteiger partial charge in [-0.3, -0.25) is 4.99 Å². The van der Waals surface area contributed by atoms with Crippen LogP contribution in [0.1, 0.15) is 18.9 Å². The second-order valence-electron chi connectivity index (χ2n) is 4.20. The summed E-state index contributed by atoms with van der Waals surface area (Å²) in [6.07, 6.45) is 7.31. The molecule has 1 rings (SSSR count). The topological polar surface area (TPSA) is 36.4 Å². The third-order valence-electron chi connectivity index (χ3n) is 2.67. The van der Waals surface area contributed by atoms with Crippen molar-refractivity contribution in [2.45, 2.75) is 25.8 Å². The molecular formula is C15H21N3. The number of nitrogens with zero attached hydrogens (tertiary/aromatic N) is 1. The molecule has 3 nitrogen and oxygen atoms in total. The van der Waals surface area contributed by atoms with Crippen LogP contribution in [-0.4, -0.2) is 25.6 Å². The van der Waals surface area contributed by atoms with Crippen molar-refractivity contribution >= 4 is 5.96 Å². The molecule has 18 heavy (non-hydrogen) atoms. The van der Waals surface area contributed by atoms with Crippen LogP contribution in [0.5, 0.6) is 0 Å². The summed E-state index contributed by atoms with van der Waals surface area (Å²) in [4.78, 5) is 4.12. The van der Waals surface area contributed by atoms with Crippen molar-refractivity contribution in [3.63, 3.8) is 0 Å². The largest absolute Gasteiger partial charge is 0.354 e. The number of nitrogens with one attached hydrogen (secondary N) is 2. The van der Waals surface area contributed by atoms with Gasteiger partial charge >= 0.3 is 0 Å². The number of aryl methyl sites for hydroxylation is 1. The van der Waals surface area contributed by atoms with Gasteiger partial charge in [-0.05, 0) is 25.3 Å². The molecule has 1 atom stereocenters. The SMILES string of the molecule is C#CCNC(=NC)NC(C)CCc1ccccc1. The number of terminal acetylenes is 1. The van der Waals surface area contributed by atoms with Crippen molar-refractivity contribution in [1.82, 2.24) is 10.6 Å². The van der Waals surface area contributed by atoms with E-state index in [1.807, 2.05) is 6.07 Å². The van der Waals surface area contributed by atoms with E-state index in [0.717, 1.165) is 18.8 Å². The molecular weight excluding hydrogens is 222 g/mol. The molecule has 96 valence electrons. The lowest BCUT2D eigenvalue weighted by atomic mass is 10.1. The summed E-state index contributed by atoms with van der Waals surface area (Å²) in [7, 11) is 1.75. The maximum absolute atomic E-state index is 5.20. The van der Waals surface area contributed by atoms with Crippen LogP contribution < -0.4 is 10.6 Å². The fraction of sp³-hybridized carbons (Fsp3) is 0.400. The van der Waals surface area contributed by atoms with E-state index < -0.39 is 0 Å². The molecule has 0 spiro atoms. The molecule has 3 heteroatoms. The highest BCUT2D eigenvalue weighted by molar-refractivity contribution is 5.80. The number of hydrogen-bond donors (Lipinski definition) is 2. The Morgan fingerprint density at radius 2 is 2.11 bits per heavy atom. The van der Waals surface area contributed by atoms with Crippen LogP contribution in [0.25, 0.3) is 0 Å². The van der Waals surface area contributed by atoms with Crippen molar-refractivity contribution in [2.24, 2.45) is 4.99 Å². The van der Waals surface area contributed by atoms with Crippen molar-refractivity contribution in [3.05, 3.63) is 35.9 Å². The van der Waals surface area contributed by atoms with Gasteiger partial charge in [-0.25, -0.2) is 0 Å². The summed E-state index contributed by atoms with van der Waals surface area (Å²) in [6.45, 7) is 2.64. The van der Waals surface area contributed by atoms with Gasteiger partial charge in [0.15, 0.2) is 5.96 Å². The summed E-state index contributed by atoms with van der Waals surface area (Å²) in [5.74, 6) is 3.29. The van der Waals surface area contributed by atoms with E-state index in [4.69, 9.17) is 6.42 Å². The number of hydrogen-bond acceptors (Lipinski definition) is 1. The molecule has 0 radical (unpaired) electrons. The molecule has 0 heterocycles. The lowest BCUT2D eigenvalue weighted by Crippen LogP contribution is -2.42. The van der Waals surface area contributed by atoms with E-state index in [2.05, 4.69) is 52.7 Å². The summed E-state index contributed by atoms with van der Waals surface area (Å²) in [6, 6.07) is 10.8. The van der Waals surface area contributed by atoms with Crippen LogP contribution in [0.2, 0.25) is 0 Å². The highest BCUT2D eigenvalue weighted by Gasteiger charge is 2.04. The standard InChI is InChI=1S/C15H21N3/c1-4-12-17-15(16-3)18-13(2)10-11-14-8-6-5-7-9-14/h1,5-9,13H,10-12H2,2-3H3,(H2,16,17,18). The monoisotopic (exact) mass is 243 g/mol. The van der Waals surface area contributed by atoms with Gasteiger partial charge in [0.25, 0.3) is 0 Å². The Morgan fingerprint density at radius 1 is 1.39 bits per heavy atom. The molecule has 0 saturated carbocycles. The number of guanidine groups is 1. The molecule has 1 aromatic carbocycles. The zero-order valence-corrected chi connectivity index (χ0v) is 11.1. The number of aliphatic imine (C=N–C) groups is 1. The van der Waals surface area contributed by atoms with Crippen LogP contribution in [0.15, 0.2) is 35.3 Å². The Labute approximate surface area is 110 Å². The first-order chi connectivity index (χ1) is 8.76. The average Bonchev–Trinajstić information content (AvgIpc) is 2.42. The van der Waals surface area contributed by atoms with Crippen LogP contribution in [0.3, 0.4) is 0 Å². The third-order valence-corrected chi connectivity index (χ3v) is 2.67. The van der Waals surface area contributed by atoms with E-state index in [1.54, 1.807) is 7.05 Å². The first-order valence-corrected chi connectivity index (χ1v) is 6.21. The molecule has 1 unspecified atom stereocenters. The first kappa shape index (κ1) is 14.1. The predicted octanol–water partition coefficient (Wildman–Crippen LogP) is 1.81. The van der Waals surface area contributed by atoms with E-state index in [9.17, 15) is 0 Å². The van der Waals surface area contributed by atoms with E-state index in [-0.39, 0.29) is 0 Å². The van der Waals surface area contributed by atoms with Gasteiger partial charge < -0.3 is 10.6 Å². The van der Waals surface area contributed by atoms with Gasteiger partial charge in [-0.1, -0.05) is 36.3 Å². The molecule has 0 aliphatic heterocycles. The van der Waals surface area contributed by atoms with Gasteiger partial charge in [0.2, 0.25) is 0 Å². The summed E-state index contributed by atoms with van der Waals surface area (Å²) in [5.41, 5.74) is 1.36. The van der Waals surface area contributed by atoms with Gasteiger partial charge in [0.05, 0.1) is 6.54 Å². The zero-order chi connectivity index (χ0) is 13.2. The molecule has 2 N–H and O–H groups in total. The Hall–Kier alpha value is -1.95. The van der Waals surface area contributed by atoms with Gasteiger partial charge in [0.1, 0.15) is 0 Å². The maximum Gasteiger partial charge on any atom is 0.191 e. The third kappa shape index (κ3) is 5.40. The normalized spacial score (nSPS) is 12.6. The highest BCUT2D eigenvalue weighted by Crippen LogP contribution is 2.04. The van der Waals surface area contributed by atoms with Crippen molar-refractivity contribution in [3.8, 4) is 12.3 Å². The van der Waals surface area contributed by atoms with Crippen LogP contribution in [0, 0.1) is 12.3 Å². The van der Waals surface area contributed by atoms with Gasteiger partial charge in [-0.2, -0.15) is 0 Å². The van der Waals surface area contributed by atoms with Gasteiger partial charge in [0, 0.05) is 13.1 Å². The second-order valence-corrected chi connectivity index (χ2v) is 4.20. The lowest BCUT2D eigenvalue weighted by Gasteiger charge is -2.17. The quantitative estimate of drug-likeness (QED) is 0.470. The summed E-state index contributed by atoms with van der Waals surface area (Å²) < 4.78 is 0. The fourth-order valence-electron chi connectivity index (χ4n) is 1.66. The molecule has 0 fully saturated rings. The minimum absolute atomic E-state index is 0.356. The first-order valence-electron chi connectivity index (χ1n) is 6.21. The van der Waals surface area contributed by atoms with Gasteiger partial charge in [-0.15, -0.1) is 6.42 Å². The number of benzene rings is 1. The Kier molecular flexibility index (Phi) is 6.42. The molecule has 1 aromatic rings. The smallest absolute Gasteiger partial charge is 0.191 e. The van der Waals surface area contributed by atoms with Crippen LogP contribution in [0.4, 0.5) is 0 Å². The minimum atomic E-state index is 0.356. The molecule has 0 aliphatic carbocycles. The van der Waals surface area contributed by atoms with Crippen molar-refractivity contribution in [2.75, 3.05) is 13.6 Å². The summed E-state index contributed by atoms with van der Waals surface area (Å²) in [5, 5.41) is 6.37. The zero-order valence-electron chi connectivity index (χ0n) is 11.1.